The van der Waals surface area contributed by atoms with Crippen molar-refractivity contribution in [1.29, 1.82) is 0 Å². The zero-order chi connectivity index (χ0) is 18.7. The van der Waals surface area contributed by atoms with Gasteiger partial charge in [0.25, 0.3) is 5.91 Å². The Bertz CT molecular complexity index is 834. The number of ether oxygens (including phenoxy) is 2. The van der Waals surface area contributed by atoms with Crippen molar-refractivity contribution < 1.29 is 19.1 Å². The molecule has 7 heteroatoms. The molecule has 0 aliphatic carbocycles. The van der Waals surface area contributed by atoms with Crippen molar-refractivity contribution in [1.82, 2.24) is 0 Å². The molecule has 0 saturated carbocycles. The second-order valence-electron chi connectivity index (χ2n) is 6.63. The molecule has 1 aliphatic heterocycles. The van der Waals surface area contributed by atoms with Gasteiger partial charge in [-0.15, -0.1) is 0 Å². The molecule has 0 radical (unpaired) electrons. The van der Waals surface area contributed by atoms with Crippen LogP contribution in [0.3, 0.4) is 0 Å². The quantitative estimate of drug-likeness (QED) is 0.855. The average molecular weight is 375 g/mol. The van der Waals surface area contributed by atoms with Gasteiger partial charge in [0.15, 0.2) is 6.61 Å². The minimum absolute atomic E-state index is 0.134. The molecule has 0 aromatic heterocycles. The molecule has 0 bridgehead atoms. The topological polar surface area (TPSA) is 76.7 Å². The third kappa shape index (κ3) is 4.26. The van der Waals surface area contributed by atoms with Crippen LogP contribution >= 0.6 is 11.6 Å². The number of carbonyl (C=O) groups is 2. The van der Waals surface area contributed by atoms with E-state index < -0.39 is 5.41 Å². The van der Waals surface area contributed by atoms with Crippen molar-refractivity contribution in [3.63, 3.8) is 0 Å². The number of benzene rings is 2. The summed E-state index contributed by atoms with van der Waals surface area (Å²) in [6, 6.07) is 11.8. The summed E-state index contributed by atoms with van der Waals surface area (Å²) >= 11 is 5.80. The van der Waals surface area contributed by atoms with Gasteiger partial charge in [0.05, 0.1) is 11.1 Å². The van der Waals surface area contributed by atoms with E-state index >= 15 is 0 Å². The summed E-state index contributed by atoms with van der Waals surface area (Å²) in [4.78, 5) is 24.3. The second kappa shape index (κ2) is 7.25. The van der Waals surface area contributed by atoms with Crippen LogP contribution in [-0.2, 0) is 9.59 Å². The number of halogens is 1. The van der Waals surface area contributed by atoms with Gasteiger partial charge in [0.1, 0.15) is 18.1 Å². The molecule has 26 heavy (non-hydrogen) atoms. The molecular formula is C19H19ClN2O4. The maximum Gasteiger partial charge on any atom is 0.262 e. The minimum atomic E-state index is -0.630. The van der Waals surface area contributed by atoms with Gasteiger partial charge in [-0.3, -0.25) is 9.59 Å². The van der Waals surface area contributed by atoms with E-state index in [-0.39, 0.29) is 25.0 Å². The lowest BCUT2D eigenvalue weighted by molar-refractivity contribution is -0.125. The third-order valence-corrected chi connectivity index (χ3v) is 4.15. The average Bonchev–Trinajstić information content (AvgIpc) is 2.71. The SMILES string of the molecule is CC1(C)COc2ccc(NC(=O)COc3ccc(Cl)cc3)cc2NC1=O. The molecule has 136 valence electrons. The zero-order valence-corrected chi connectivity index (χ0v) is 15.2. The van der Waals surface area contributed by atoms with E-state index in [1.165, 1.54) is 0 Å². The number of nitrogens with one attached hydrogen (secondary N) is 2. The summed E-state index contributed by atoms with van der Waals surface area (Å²) in [5, 5.41) is 6.16. The Hall–Kier alpha value is -2.73. The van der Waals surface area contributed by atoms with Crippen LogP contribution in [0.25, 0.3) is 0 Å². The molecule has 0 fully saturated rings. The monoisotopic (exact) mass is 374 g/mol. The number of amides is 2. The molecule has 0 spiro atoms. The molecular weight excluding hydrogens is 356 g/mol. The zero-order valence-electron chi connectivity index (χ0n) is 14.5. The van der Waals surface area contributed by atoms with Gasteiger partial charge < -0.3 is 20.1 Å². The fourth-order valence-corrected chi connectivity index (χ4v) is 2.45. The molecule has 2 amide bonds. The highest BCUT2D eigenvalue weighted by molar-refractivity contribution is 6.30. The summed E-state index contributed by atoms with van der Waals surface area (Å²) in [6.07, 6.45) is 0. The summed E-state index contributed by atoms with van der Waals surface area (Å²) < 4.78 is 11.1. The predicted molar refractivity (Wildman–Crippen MR) is 99.9 cm³/mol. The van der Waals surface area contributed by atoms with Crippen LogP contribution in [0, 0.1) is 5.41 Å². The Morgan fingerprint density at radius 2 is 2.00 bits per heavy atom. The first kappa shape index (κ1) is 18.1. The molecule has 3 rings (SSSR count). The molecule has 1 aliphatic rings. The van der Waals surface area contributed by atoms with Gasteiger partial charge in [-0.05, 0) is 56.3 Å². The van der Waals surface area contributed by atoms with Crippen molar-refractivity contribution in [2.75, 3.05) is 23.8 Å². The fraction of sp³-hybridized carbons (Fsp3) is 0.263. The summed E-state index contributed by atoms with van der Waals surface area (Å²) in [5.41, 5.74) is 0.434. The third-order valence-electron chi connectivity index (χ3n) is 3.90. The van der Waals surface area contributed by atoms with Crippen LogP contribution in [0.2, 0.25) is 5.02 Å². The molecule has 2 aromatic rings. The highest BCUT2D eigenvalue weighted by Crippen LogP contribution is 2.34. The number of rotatable bonds is 4. The second-order valence-corrected chi connectivity index (χ2v) is 7.06. The van der Waals surface area contributed by atoms with Crippen molar-refractivity contribution >= 4 is 34.8 Å². The highest BCUT2D eigenvalue weighted by atomic mass is 35.5. The number of hydrogen-bond donors (Lipinski definition) is 2. The molecule has 0 saturated heterocycles. The van der Waals surface area contributed by atoms with Gasteiger partial charge in [-0.2, -0.15) is 0 Å². The lowest BCUT2D eigenvalue weighted by Gasteiger charge is -2.18. The van der Waals surface area contributed by atoms with Gasteiger partial charge >= 0.3 is 0 Å². The lowest BCUT2D eigenvalue weighted by atomic mass is 9.94. The van der Waals surface area contributed by atoms with Gasteiger partial charge in [0.2, 0.25) is 5.91 Å². The van der Waals surface area contributed by atoms with Crippen LogP contribution in [-0.4, -0.2) is 25.0 Å². The van der Waals surface area contributed by atoms with Crippen LogP contribution in [0.1, 0.15) is 13.8 Å². The van der Waals surface area contributed by atoms with Gasteiger partial charge in [0, 0.05) is 10.7 Å². The summed E-state index contributed by atoms with van der Waals surface area (Å²) in [7, 11) is 0. The van der Waals surface area contributed by atoms with E-state index in [4.69, 9.17) is 21.1 Å². The Kier molecular flexibility index (Phi) is 5.04. The van der Waals surface area contributed by atoms with Crippen molar-refractivity contribution in [3.8, 4) is 11.5 Å². The number of hydrogen-bond acceptors (Lipinski definition) is 4. The maximum atomic E-state index is 12.2. The standard InChI is InChI=1S/C19H19ClN2O4/c1-19(2)11-26-16-8-5-13(9-15(16)22-18(19)24)21-17(23)10-25-14-6-3-12(20)4-7-14/h3-9H,10-11H2,1-2H3,(H,21,23)(H,22,24). The van der Waals surface area contributed by atoms with Crippen LogP contribution in [0.4, 0.5) is 11.4 Å². The Morgan fingerprint density at radius 1 is 1.27 bits per heavy atom. The van der Waals surface area contributed by atoms with E-state index in [9.17, 15) is 9.59 Å². The summed E-state index contributed by atoms with van der Waals surface area (Å²) in [6.45, 7) is 3.76. The largest absolute Gasteiger partial charge is 0.490 e. The van der Waals surface area contributed by atoms with Crippen molar-refractivity contribution in [3.05, 3.63) is 47.5 Å². The summed E-state index contributed by atoms with van der Waals surface area (Å²) in [5.74, 6) is 0.667. The van der Waals surface area contributed by atoms with Gasteiger partial charge in [-0.1, -0.05) is 11.6 Å². The fourth-order valence-electron chi connectivity index (χ4n) is 2.32. The minimum Gasteiger partial charge on any atom is -0.490 e. The molecule has 6 nitrogen and oxygen atoms in total. The Labute approximate surface area is 156 Å². The molecule has 0 unspecified atom stereocenters. The normalized spacial score (nSPS) is 15.1. The van der Waals surface area contributed by atoms with Gasteiger partial charge in [-0.25, -0.2) is 0 Å². The van der Waals surface area contributed by atoms with E-state index in [0.717, 1.165) is 0 Å². The van der Waals surface area contributed by atoms with Crippen molar-refractivity contribution in [2.24, 2.45) is 5.41 Å². The first-order valence-corrected chi connectivity index (χ1v) is 8.48. The highest BCUT2D eigenvalue weighted by Gasteiger charge is 2.32. The predicted octanol–water partition coefficient (Wildman–Crippen LogP) is 3.71. The molecule has 2 N–H and O–H groups in total. The van der Waals surface area contributed by atoms with E-state index in [1.54, 1.807) is 42.5 Å². The number of anilines is 2. The molecule has 1 heterocycles. The van der Waals surface area contributed by atoms with Crippen LogP contribution in [0.5, 0.6) is 11.5 Å². The van der Waals surface area contributed by atoms with Crippen LogP contribution < -0.4 is 20.1 Å². The van der Waals surface area contributed by atoms with E-state index in [1.807, 2.05) is 13.8 Å². The smallest absolute Gasteiger partial charge is 0.262 e. The molecule has 2 aromatic carbocycles. The Morgan fingerprint density at radius 3 is 2.73 bits per heavy atom. The maximum absolute atomic E-state index is 12.2. The molecule has 0 atom stereocenters. The lowest BCUT2D eigenvalue weighted by Crippen LogP contribution is -2.33. The van der Waals surface area contributed by atoms with E-state index in [0.29, 0.717) is 27.9 Å². The van der Waals surface area contributed by atoms with E-state index in [2.05, 4.69) is 10.6 Å². The number of fused-ring (bicyclic) bond motifs is 1. The van der Waals surface area contributed by atoms with Crippen molar-refractivity contribution in [2.45, 2.75) is 13.8 Å². The van der Waals surface area contributed by atoms with Crippen LogP contribution in [0.15, 0.2) is 42.5 Å². The first-order valence-electron chi connectivity index (χ1n) is 8.10. The number of carbonyl (C=O) groups excluding carboxylic acids is 2. The Balaban J connectivity index is 1.63. The first-order chi connectivity index (χ1) is 12.3.